The summed E-state index contributed by atoms with van der Waals surface area (Å²) in [5.74, 6) is -0.616. The Hall–Kier alpha value is -1.69. The summed E-state index contributed by atoms with van der Waals surface area (Å²) in [5.41, 5.74) is 0.0193. The van der Waals surface area contributed by atoms with Gasteiger partial charge in [0.15, 0.2) is 5.82 Å². The first-order chi connectivity index (χ1) is 9.16. The van der Waals surface area contributed by atoms with Crippen LogP contribution in [0.15, 0.2) is 18.2 Å². The molecule has 2 rings (SSSR count). The fourth-order valence-electron chi connectivity index (χ4n) is 2.23. The largest absolute Gasteiger partial charge is 0.380 e. The summed E-state index contributed by atoms with van der Waals surface area (Å²) in [4.78, 5) is 9.86. The van der Waals surface area contributed by atoms with Gasteiger partial charge in [0.05, 0.1) is 29.4 Å². The SMILES string of the molecule is O=[N+]([O-])c1ccc(NCCOC2CCCC2)c(F)c1. The first-order valence-corrected chi connectivity index (χ1v) is 6.46. The molecular weight excluding hydrogens is 251 g/mol. The van der Waals surface area contributed by atoms with Crippen LogP contribution in [0.4, 0.5) is 15.8 Å². The van der Waals surface area contributed by atoms with Gasteiger partial charge in [-0.1, -0.05) is 12.8 Å². The number of nitrogens with one attached hydrogen (secondary N) is 1. The van der Waals surface area contributed by atoms with Gasteiger partial charge in [-0.15, -0.1) is 0 Å². The fraction of sp³-hybridized carbons (Fsp3) is 0.538. The average molecular weight is 268 g/mol. The minimum atomic E-state index is -0.616. The maximum atomic E-state index is 13.5. The zero-order valence-corrected chi connectivity index (χ0v) is 10.6. The molecule has 1 fully saturated rings. The molecule has 0 saturated heterocycles. The first-order valence-electron chi connectivity index (χ1n) is 6.46. The van der Waals surface area contributed by atoms with Crippen molar-refractivity contribution < 1.29 is 14.1 Å². The summed E-state index contributed by atoms with van der Waals surface area (Å²) in [5, 5.41) is 13.4. The lowest BCUT2D eigenvalue weighted by atomic mass is 10.2. The molecule has 0 amide bonds. The summed E-state index contributed by atoms with van der Waals surface area (Å²) >= 11 is 0. The predicted molar refractivity (Wildman–Crippen MR) is 69.8 cm³/mol. The zero-order chi connectivity index (χ0) is 13.7. The van der Waals surface area contributed by atoms with Crippen molar-refractivity contribution in [2.24, 2.45) is 0 Å². The van der Waals surface area contributed by atoms with Gasteiger partial charge in [-0.25, -0.2) is 4.39 Å². The van der Waals surface area contributed by atoms with Crippen LogP contribution in [0.3, 0.4) is 0 Å². The van der Waals surface area contributed by atoms with Crippen LogP contribution < -0.4 is 5.32 Å². The molecule has 1 N–H and O–H groups in total. The van der Waals surface area contributed by atoms with E-state index in [0.717, 1.165) is 18.9 Å². The van der Waals surface area contributed by atoms with Gasteiger partial charge in [-0.05, 0) is 18.9 Å². The maximum absolute atomic E-state index is 13.5. The smallest absolute Gasteiger partial charge is 0.272 e. The van der Waals surface area contributed by atoms with Crippen molar-refractivity contribution >= 4 is 11.4 Å². The molecule has 1 aromatic carbocycles. The van der Waals surface area contributed by atoms with Gasteiger partial charge in [0.25, 0.3) is 5.69 Å². The molecule has 0 aliphatic heterocycles. The summed E-state index contributed by atoms with van der Waals surface area (Å²) in [6, 6.07) is 3.58. The highest BCUT2D eigenvalue weighted by molar-refractivity contribution is 5.50. The van der Waals surface area contributed by atoms with Gasteiger partial charge < -0.3 is 10.1 Å². The predicted octanol–water partition coefficient (Wildman–Crippen LogP) is 3.11. The molecule has 0 atom stereocenters. The van der Waals surface area contributed by atoms with Crippen LogP contribution in [-0.2, 0) is 4.74 Å². The van der Waals surface area contributed by atoms with Crippen molar-refractivity contribution in [2.45, 2.75) is 31.8 Å². The number of nitrogens with zero attached hydrogens (tertiary/aromatic N) is 1. The lowest BCUT2D eigenvalue weighted by Crippen LogP contribution is -2.15. The van der Waals surface area contributed by atoms with Crippen LogP contribution in [0.25, 0.3) is 0 Å². The monoisotopic (exact) mass is 268 g/mol. The van der Waals surface area contributed by atoms with Crippen LogP contribution in [0.1, 0.15) is 25.7 Å². The molecule has 0 heterocycles. The summed E-state index contributed by atoms with van der Waals surface area (Å²) in [6.07, 6.45) is 4.98. The normalized spacial score (nSPS) is 15.6. The van der Waals surface area contributed by atoms with Gasteiger partial charge in [0.2, 0.25) is 0 Å². The van der Waals surface area contributed by atoms with Crippen molar-refractivity contribution in [2.75, 3.05) is 18.5 Å². The van der Waals surface area contributed by atoms with Crippen LogP contribution in [0, 0.1) is 15.9 Å². The molecule has 0 aromatic heterocycles. The Bertz CT molecular complexity index is 448. The Balaban J connectivity index is 1.77. The van der Waals surface area contributed by atoms with Crippen LogP contribution >= 0.6 is 0 Å². The second-order valence-corrected chi connectivity index (χ2v) is 4.63. The standard InChI is InChI=1S/C13H17FN2O3/c14-12-9-10(16(17)18)5-6-13(12)15-7-8-19-11-3-1-2-4-11/h5-6,9,11,15H,1-4,7-8H2. The van der Waals surface area contributed by atoms with E-state index in [0.29, 0.717) is 19.3 Å². The number of ether oxygens (including phenoxy) is 1. The van der Waals surface area contributed by atoms with Gasteiger partial charge >= 0.3 is 0 Å². The summed E-state index contributed by atoms with van der Waals surface area (Å²) in [6.45, 7) is 1.01. The molecule has 1 saturated carbocycles. The second kappa shape index (κ2) is 6.47. The van der Waals surface area contributed by atoms with Gasteiger partial charge in [0.1, 0.15) is 0 Å². The third kappa shape index (κ3) is 3.89. The number of hydrogen-bond donors (Lipinski definition) is 1. The lowest BCUT2D eigenvalue weighted by molar-refractivity contribution is -0.385. The van der Waals surface area contributed by atoms with E-state index in [2.05, 4.69) is 5.32 Å². The number of nitro groups is 1. The number of rotatable bonds is 6. The van der Waals surface area contributed by atoms with Gasteiger partial charge in [-0.3, -0.25) is 10.1 Å². The van der Waals surface area contributed by atoms with Crippen molar-refractivity contribution in [3.8, 4) is 0 Å². The topological polar surface area (TPSA) is 64.4 Å². The molecule has 0 bridgehead atoms. The molecule has 6 heteroatoms. The number of nitro benzene ring substituents is 1. The van der Waals surface area contributed by atoms with Crippen LogP contribution in [0.5, 0.6) is 0 Å². The average Bonchev–Trinajstić information content (AvgIpc) is 2.89. The van der Waals surface area contributed by atoms with Gasteiger partial charge in [0, 0.05) is 12.6 Å². The van der Waals surface area contributed by atoms with E-state index in [1.807, 2.05) is 0 Å². The second-order valence-electron chi connectivity index (χ2n) is 4.63. The Morgan fingerprint density at radius 2 is 2.16 bits per heavy atom. The molecule has 0 unspecified atom stereocenters. The number of anilines is 1. The molecule has 1 aliphatic rings. The number of hydrogen-bond acceptors (Lipinski definition) is 4. The minimum absolute atomic E-state index is 0.245. The number of non-ortho nitro benzene ring substituents is 1. The van der Waals surface area contributed by atoms with E-state index in [9.17, 15) is 14.5 Å². The van der Waals surface area contributed by atoms with Crippen molar-refractivity contribution in [3.05, 3.63) is 34.1 Å². The maximum Gasteiger partial charge on any atom is 0.272 e. The highest BCUT2D eigenvalue weighted by Gasteiger charge is 2.15. The molecule has 5 nitrogen and oxygen atoms in total. The third-order valence-electron chi connectivity index (χ3n) is 3.24. The molecule has 1 aromatic rings. The molecular formula is C13H17FN2O3. The van der Waals surface area contributed by atoms with Gasteiger partial charge in [-0.2, -0.15) is 0 Å². The lowest BCUT2D eigenvalue weighted by Gasteiger charge is -2.12. The van der Waals surface area contributed by atoms with Crippen molar-refractivity contribution in [1.29, 1.82) is 0 Å². The molecule has 19 heavy (non-hydrogen) atoms. The van der Waals surface area contributed by atoms with Crippen molar-refractivity contribution in [3.63, 3.8) is 0 Å². The minimum Gasteiger partial charge on any atom is -0.380 e. The Morgan fingerprint density at radius 3 is 2.79 bits per heavy atom. The highest BCUT2D eigenvalue weighted by Crippen LogP contribution is 2.22. The Kier molecular flexibility index (Phi) is 4.68. The molecule has 104 valence electrons. The zero-order valence-electron chi connectivity index (χ0n) is 10.6. The number of halogens is 1. The van der Waals surface area contributed by atoms with Crippen molar-refractivity contribution in [1.82, 2.24) is 0 Å². The van der Waals surface area contributed by atoms with E-state index in [-0.39, 0.29) is 11.4 Å². The molecule has 1 aliphatic carbocycles. The first kappa shape index (κ1) is 13.7. The molecule has 0 spiro atoms. The van der Waals surface area contributed by atoms with E-state index in [4.69, 9.17) is 4.74 Å². The molecule has 0 radical (unpaired) electrons. The summed E-state index contributed by atoms with van der Waals surface area (Å²) < 4.78 is 19.2. The summed E-state index contributed by atoms with van der Waals surface area (Å²) in [7, 11) is 0. The Labute approximate surface area is 110 Å². The van der Waals surface area contributed by atoms with E-state index >= 15 is 0 Å². The van der Waals surface area contributed by atoms with E-state index in [1.165, 1.54) is 25.0 Å². The highest BCUT2D eigenvalue weighted by atomic mass is 19.1. The third-order valence-corrected chi connectivity index (χ3v) is 3.24. The number of benzene rings is 1. The fourth-order valence-corrected chi connectivity index (χ4v) is 2.23. The van der Waals surface area contributed by atoms with E-state index in [1.54, 1.807) is 0 Å². The Morgan fingerprint density at radius 1 is 1.42 bits per heavy atom. The quantitative estimate of drug-likeness (QED) is 0.489. The van der Waals surface area contributed by atoms with E-state index < -0.39 is 10.7 Å². The van der Waals surface area contributed by atoms with Crippen LogP contribution in [-0.4, -0.2) is 24.2 Å². The van der Waals surface area contributed by atoms with Crippen LogP contribution in [0.2, 0.25) is 0 Å².